The Hall–Kier alpha value is -3.42. The third kappa shape index (κ3) is 4.59. The largest absolute Gasteiger partial charge is 0.462 e. The van der Waals surface area contributed by atoms with Crippen LogP contribution in [0.1, 0.15) is 16.1 Å². The Kier molecular flexibility index (Phi) is 6.00. The van der Waals surface area contributed by atoms with E-state index in [0.717, 1.165) is 41.8 Å². The first-order valence-corrected chi connectivity index (χ1v) is 11.5. The smallest absolute Gasteiger partial charge is 0.257 e. The van der Waals surface area contributed by atoms with Crippen molar-refractivity contribution in [2.75, 3.05) is 26.2 Å². The van der Waals surface area contributed by atoms with Crippen LogP contribution in [0.4, 0.5) is 0 Å². The van der Waals surface area contributed by atoms with Gasteiger partial charge in [0.2, 0.25) is 0 Å². The van der Waals surface area contributed by atoms with Gasteiger partial charge in [0.25, 0.3) is 5.91 Å². The SMILES string of the molecule is O=C(c1ccccc1Oc1ccccc1)N1CCN(Cc2csc(-c3ccco3)n2)CC1. The van der Waals surface area contributed by atoms with Gasteiger partial charge in [0, 0.05) is 38.1 Å². The zero-order valence-corrected chi connectivity index (χ0v) is 18.3. The normalized spacial score (nSPS) is 14.4. The van der Waals surface area contributed by atoms with Gasteiger partial charge in [0.1, 0.15) is 11.5 Å². The molecule has 2 aromatic carbocycles. The topological polar surface area (TPSA) is 58.8 Å². The first kappa shape index (κ1) is 20.5. The average molecular weight is 446 g/mol. The van der Waals surface area contributed by atoms with Crippen molar-refractivity contribution in [2.45, 2.75) is 6.54 Å². The van der Waals surface area contributed by atoms with Gasteiger partial charge in [-0.2, -0.15) is 0 Å². The lowest BCUT2D eigenvalue weighted by Gasteiger charge is -2.34. The summed E-state index contributed by atoms with van der Waals surface area (Å²) in [5.41, 5.74) is 1.62. The maximum absolute atomic E-state index is 13.2. The second-order valence-corrected chi connectivity index (χ2v) is 8.46. The second-order valence-electron chi connectivity index (χ2n) is 7.60. The van der Waals surface area contributed by atoms with E-state index in [1.165, 1.54) is 0 Å². The van der Waals surface area contributed by atoms with Gasteiger partial charge in [-0.1, -0.05) is 30.3 Å². The highest BCUT2D eigenvalue weighted by Gasteiger charge is 2.25. The van der Waals surface area contributed by atoms with E-state index in [-0.39, 0.29) is 5.91 Å². The molecule has 4 aromatic rings. The molecule has 1 amide bonds. The molecule has 0 N–H and O–H groups in total. The Morgan fingerprint density at radius 3 is 2.53 bits per heavy atom. The first-order valence-electron chi connectivity index (χ1n) is 10.6. The van der Waals surface area contributed by atoms with Crippen molar-refractivity contribution in [2.24, 2.45) is 0 Å². The van der Waals surface area contributed by atoms with Gasteiger partial charge >= 0.3 is 0 Å². The zero-order chi connectivity index (χ0) is 21.8. The number of nitrogens with zero attached hydrogens (tertiary/aromatic N) is 3. The fraction of sp³-hybridized carbons (Fsp3) is 0.200. The van der Waals surface area contributed by atoms with Crippen molar-refractivity contribution < 1.29 is 13.9 Å². The number of ether oxygens (including phenoxy) is 1. The minimum absolute atomic E-state index is 0.00458. The van der Waals surface area contributed by atoms with E-state index < -0.39 is 0 Å². The van der Waals surface area contributed by atoms with Gasteiger partial charge in [0.15, 0.2) is 10.8 Å². The van der Waals surface area contributed by atoms with Crippen molar-refractivity contribution in [1.82, 2.24) is 14.8 Å². The number of piperazine rings is 1. The summed E-state index contributed by atoms with van der Waals surface area (Å²) in [6.07, 6.45) is 1.66. The van der Waals surface area contributed by atoms with Gasteiger partial charge in [0.05, 0.1) is 17.5 Å². The van der Waals surface area contributed by atoms with Crippen LogP contribution in [0.2, 0.25) is 0 Å². The molecule has 5 rings (SSSR count). The predicted octanol–water partition coefficient (Wildman–Crippen LogP) is 5.15. The molecular weight excluding hydrogens is 422 g/mol. The van der Waals surface area contributed by atoms with E-state index in [1.807, 2.05) is 71.6 Å². The number of furan rings is 1. The van der Waals surface area contributed by atoms with Crippen LogP contribution in [0.25, 0.3) is 10.8 Å². The molecule has 0 bridgehead atoms. The summed E-state index contributed by atoms with van der Waals surface area (Å²) < 4.78 is 11.4. The molecule has 7 heteroatoms. The molecule has 162 valence electrons. The minimum Gasteiger partial charge on any atom is -0.462 e. The number of amides is 1. The fourth-order valence-electron chi connectivity index (χ4n) is 3.75. The van der Waals surface area contributed by atoms with Crippen LogP contribution in [0.3, 0.4) is 0 Å². The van der Waals surface area contributed by atoms with E-state index in [9.17, 15) is 4.79 Å². The van der Waals surface area contributed by atoms with Crippen LogP contribution in [-0.4, -0.2) is 46.9 Å². The number of para-hydroxylation sites is 2. The van der Waals surface area contributed by atoms with Crippen LogP contribution in [0.5, 0.6) is 11.5 Å². The molecule has 0 atom stereocenters. The molecule has 0 spiro atoms. The van der Waals surface area contributed by atoms with E-state index in [1.54, 1.807) is 17.6 Å². The third-order valence-corrected chi connectivity index (χ3v) is 6.32. The predicted molar refractivity (Wildman–Crippen MR) is 124 cm³/mol. The summed E-state index contributed by atoms with van der Waals surface area (Å²) in [6.45, 7) is 3.73. The molecular formula is C25H23N3O3S. The second kappa shape index (κ2) is 9.38. The number of thiazole rings is 1. The highest BCUT2D eigenvalue weighted by Crippen LogP contribution is 2.27. The number of aromatic nitrogens is 1. The van der Waals surface area contributed by atoms with Crippen LogP contribution in [-0.2, 0) is 6.54 Å². The number of carbonyl (C=O) groups excluding carboxylic acids is 1. The van der Waals surface area contributed by atoms with Crippen LogP contribution in [0, 0.1) is 0 Å². The first-order chi connectivity index (χ1) is 15.8. The lowest BCUT2D eigenvalue weighted by atomic mass is 10.1. The molecule has 1 aliphatic rings. The van der Waals surface area contributed by atoms with Gasteiger partial charge in [-0.3, -0.25) is 9.69 Å². The van der Waals surface area contributed by atoms with Gasteiger partial charge in [-0.05, 0) is 36.4 Å². The Bertz CT molecular complexity index is 1170. The average Bonchev–Trinajstić information content (AvgIpc) is 3.53. The van der Waals surface area contributed by atoms with Gasteiger partial charge in [-0.25, -0.2) is 4.98 Å². The summed E-state index contributed by atoms with van der Waals surface area (Å²) in [6, 6.07) is 20.8. The maximum atomic E-state index is 13.2. The van der Waals surface area contributed by atoms with Crippen molar-refractivity contribution in [3.8, 4) is 22.3 Å². The molecule has 0 aliphatic carbocycles. The zero-order valence-electron chi connectivity index (χ0n) is 17.5. The number of carbonyl (C=O) groups is 1. The summed E-state index contributed by atoms with van der Waals surface area (Å²) >= 11 is 1.59. The monoisotopic (exact) mass is 445 g/mol. The highest BCUT2D eigenvalue weighted by molar-refractivity contribution is 7.13. The van der Waals surface area contributed by atoms with Gasteiger partial charge < -0.3 is 14.1 Å². The molecule has 1 saturated heterocycles. The highest BCUT2D eigenvalue weighted by atomic mass is 32.1. The summed E-state index contributed by atoms with van der Waals surface area (Å²) in [4.78, 5) is 22.1. The molecule has 6 nitrogen and oxygen atoms in total. The third-order valence-electron chi connectivity index (χ3n) is 5.42. The summed E-state index contributed by atoms with van der Waals surface area (Å²) in [7, 11) is 0. The molecule has 2 aromatic heterocycles. The number of rotatable bonds is 6. The number of hydrogen-bond acceptors (Lipinski definition) is 6. The Morgan fingerprint density at radius 2 is 1.75 bits per heavy atom. The Morgan fingerprint density at radius 1 is 0.969 bits per heavy atom. The van der Waals surface area contributed by atoms with Crippen molar-refractivity contribution >= 4 is 17.2 Å². The quantitative estimate of drug-likeness (QED) is 0.411. The molecule has 1 aliphatic heterocycles. The Labute approximate surface area is 190 Å². The molecule has 32 heavy (non-hydrogen) atoms. The lowest BCUT2D eigenvalue weighted by Crippen LogP contribution is -2.48. The summed E-state index contributed by atoms with van der Waals surface area (Å²) in [5, 5.41) is 2.97. The molecule has 0 saturated carbocycles. The molecule has 3 heterocycles. The number of benzene rings is 2. The van der Waals surface area contributed by atoms with E-state index in [0.29, 0.717) is 24.4 Å². The molecule has 1 fully saturated rings. The lowest BCUT2D eigenvalue weighted by molar-refractivity contribution is 0.0625. The Balaban J connectivity index is 1.20. The number of hydrogen-bond donors (Lipinski definition) is 0. The van der Waals surface area contributed by atoms with Crippen LogP contribution < -0.4 is 4.74 Å². The summed E-state index contributed by atoms with van der Waals surface area (Å²) in [5.74, 6) is 2.10. The molecule has 0 radical (unpaired) electrons. The van der Waals surface area contributed by atoms with Gasteiger partial charge in [-0.15, -0.1) is 11.3 Å². The van der Waals surface area contributed by atoms with Crippen molar-refractivity contribution in [3.63, 3.8) is 0 Å². The van der Waals surface area contributed by atoms with Crippen molar-refractivity contribution in [3.05, 3.63) is 89.6 Å². The fourth-order valence-corrected chi connectivity index (χ4v) is 4.53. The molecule has 0 unspecified atom stereocenters. The van der Waals surface area contributed by atoms with E-state index in [2.05, 4.69) is 15.3 Å². The van der Waals surface area contributed by atoms with Crippen LogP contribution >= 0.6 is 11.3 Å². The van der Waals surface area contributed by atoms with Crippen LogP contribution in [0.15, 0.2) is 82.8 Å². The van der Waals surface area contributed by atoms with E-state index in [4.69, 9.17) is 9.15 Å². The van der Waals surface area contributed by atoms with Crippen molar-refractivity contribution in [1.29, 1.82) is 0 Å². The van der Waals surface area contributed by atoms with E-state index >= 15 is 0 Å². The minimum atomic E-state index is 0.00458. The standard InChI is InChI=1S/C25H23N3O3S/c29-25(21-9-4-5-10-22(21)31-20-7-2-1-3-8-20)28-14-12-27(13-15-28)17-19-18-32-24(26-19)23-11-6-16-30-23/h1-11,16,18H,12-15,17H2. The maximum Gasteiger partial charge on any atom is 0.257 e.